The van der Waals surface area contributed by atoms with Gasteiger partial charge in [0, 0.05) is 0 Å². The molecule has 0 saturated carbocycles. The maximum Gasteiger partial charge on any atom is 0.186 e. The highest BCUT2D eigenvalue weighted by atomic mass is 16.6. The molecular formula is C11H16O2. The lowest BCUT2D eigenvalue weighted by Crippen LogP contribution is -2.11. The minimum absolute atomic E-state index is 0.120. The van der Waals surface area contributed by atoms with Gasteiger partial charge in [0.15, 0.2) is 6.79 Å². The fraction of sp³-hybridized carbons (Fsp3) is 0.455. The molecule has 0 radical (unpaired) electrons. The van der Waals surface area contributed by atoms with Crippen LogP contribution in [0.2, 0.25) is 0 Å². The van der Waals surface area contributed by atoms with Crippen molar-refractivity contribution in [3.05, 3.63) is 29.8 Å². The first kappa shape index (κ1) is 10.1. The molecule has 1 aromatic carbocycles. The molecule has 0 spiro atoms. The molecule has 0 heterocycles. The van der Waals surface area contributed by atoms with E-state index in [-0.39, 0.29) is 12.2 Å². The molecule has 0 aliphatic carbocycles. The summed E-state index contributed by atoms with van der Waals surface area (Å²) < 4.78 is 5.00. The fourth-order valence-corrected chi connectivity index (χ4v) is 1.13. The van der Waals surface area contributed by atoms with E-state index in [9.17, 15) is 0 Å². The zero-order valence-electron chi connectivity index (χ0n) is 8.37. The molecule has 0 amide bonds. The van der Waals surface area contributed by atoms with Crippen molar-refractivity contribution in [2.24, 2.45) is 0 Å². The Kier molecular flexibility index (Phi) is 2.94. The number of hydrogen-bond acceptors (Lipinski definition) is 2. The third-order valence-electron chi connectivity index (χ3n) is 1.93. The summed E-state index contributed by atoms with van der Waals surface area (Å²) >= 11 is 0. The minimum Gasteiger partial charge on any atom is -0.468 e. The summed E-state index contributed by atoms with van der Waals surface area (Å²) in [6.07, 6.45) is 0. The third-order valence-corrected chi connectivity index (χ3v) is 1.93. The van der Waals surface area contributed by atoms with Crippen LogP contribution in [0.15, 0.2) is 24.3 Å². The number of aliphatic hydroxyl groups is 1. The first-order chi connectivity index (χ1) is 6.04. The summed E-state index contributed by atoms with van der Waals surface area (Å²) in [4.78, 5) is 0. The number of aliphatic hydroxyl groups excluding tert-OH is 1. The largest absolute Gasteiger partial charge is 0.468 e. The van der Waals surface area contributed by atoms with Gasteiger partial charge in [-0.15, -0.1) is 0 Å². The Morgan fingerprint density at radius 3 is 2.54 bits per heavy atom. The van der Waals surface area contributed by atoms with E-state index in [1.54, 1.807) is 0 Å². The molecule has 1 N–H and O–H groups in total. The molecule has 0 bridgehead atoms. The van der Waals surface area contributed by atoms with Gasteiger partial charge in [-0.2, -0.15) is 0 Å². The van der Waals surface area contributed by atoms with Crippen LogP contribution in [0.5, 0.6) is 5.75 Å². The first-order valence-electron chi connectivity index (χ1n) is 4.38. The maximum absolute atomic E-state index is 8.59. The van der Waals surface area contributed by atoms with Gasteiger partial charge in [-0.3, -0.25) is 0 Å². The predicted octanol–water partition coefficient (Wildman–Crippen LogP) is 2.31. The molecule has 0 fully saturated rings. The van der Waals surface area contributed by atoms with Crippen LogP contribution in [0.4, 0.5) is 0 Å². The van der Waals surface area contributed by atoms with E-state index >= 15 is 0 Å². The lowest BCUT2D eigenvalue weighted by Gasteiger charge is -2.19. The Balaban J connectivity index is 2.92. The topological polar surface area (TPSA) is 29.5 Å². The summed E-state index contributed by atoms with van der Waals surface area (Å²) in [7, 11) is 0. The second-order valence-corrected chi connectivity index (χ2v) is 4.05. The molecule has 13 heavy (non-hydrogen) atoms. The van der Waals surface area contributed by atoms with Gasteiger partial charge in [-0.25, -0.2) is 0 Å². The summed E-state index contributed by atoms with van der Waals surface area (Å²) in [5, 5.41) is 8.59. The van der Waals surface area contributed by atoms with Gasteiger partial charge in [-0.1, -0.05) is 32.9 Å². The molecule has 0 aliphatic rings. The smallest absolute Gasteiger partial charge is 0.186 e. The van der Waals surface area contributed by atoms with Gasteiger partial charge in [-0.05, 0) is 23.1 Å². The minimum atomic E-state index is -0.270. The molecular weight excluding hydrogens is 164 g/mol. The molecule has 1 aromatic rings. The van der Waals surface area contributed by atoms with Crippen molar-refractivity contribution in [1.29, 1.82) is 0 Å². The Hall–Kier alpha value is -1.02. The van der Waals surface area contributed by atoms with E-state index in [0.29, 0.717) is 0 Å². The standard InChI is InChI=1S/C11H16O2/c1-11(2,3)9-5-4-6-10(7-9)13-8-12/h4-7,12H,8H2,1-3H3. The van der Waals surface area contributed by atoms with Gasteiger partial charge in [0.25, 0.3) is 0 Å². The highest BCUT2D eigenvalue weighted by molar-refractivity contribution is 5.32. The van der Waals surface area contributed by atoms with Crippen LogP contribution in [-0.2, 0) is 5.41 Å². The fourth-order valence-electron chi connectivity index (χ4n) is 1.13. The first-order valence-corrected chi connectivity index (χ1v) is 4.38. The van der Waals surface area contributed by atoms with E-state index in [4.69, 9.17) is 9.84 Å². The summed E-state index contributed by atoms with van der Waals surface area (Å²) in [6.45, 7) is 6.16. The van der Waals surface area contributed by atoms with Crippen molar-refractivity contribution in [3.8, 4) is 5.75 Å². The molecule has 2 heteroatoms. The van der Waals surface area contributed by atoms with Crippen molar-refractivity contribution >= 4 is 0 Å². The summed E-state index contributed by atoms with van der Waals surface area (Å²) in [5.74, 6) is 0.718. The molecule has 0 aromatic heterocycles. The number of hydrogen-bond donors (Lipinski definition) is 1. The van der Waals surface area contributed by atoms with Crippen LogP contribution in [-0.4, -0.2) is 11.9 Å². The molecule has 0 atom stereocenters. The number of rotatable bonds is 2. The van der Waals surface area contributed by atoms with Crippen molar-refractivity contribution in [2.45, 2.75) is 26.2 Å². The molecule has 72 valence electrons. The molecule has 0 unspecified atom stereocenters. The highest BCUT2D eigenvalue weighted by Crippen LogP contribution is 2.25. The van der Waals surface area contributed by atoms with Crippen LogP contribution in [0.1, 0.15) is 26.3 Å². The van der Waals surface area contributed by atoms with E-state index in [1.165, 1.54) is 5.56 Å². The zero-order valence-corrected chi connectivity index (χ0v) is 8.37. The van der Waals surface area contributed by atoms with Crippen molar-refractivity contribution in [1.82, 2.24) is 0 Å². The SMILES string of the molecule is CC(C)(C)c1cccc(OCO)c1. The van der Waals surface area contributed by atoms with Gasteiger partial charge < -0.3 is 9.84 Å². The third kappa shape index (κ3) is 2.74. The zero-order chi connectivity index (χ0) is 9.90. The van der Waals surface area contributed by atoms with E-state index in [0.717, 1.165) is 5.75 Å². The Bertz CT molecular complexity index is 274. The average molecular weight is 180 g/mol. The van der Waals surface area contributed by atoms with Crippen molar-refractivity contribution in [2.75, 3.05) is 6.79 Å². The van der Waals surface area contributed by atoms with Crippen LogP contribution >= 0.6 is 0 Å². The molecule has 1 rings (SSSR count). The lowest BCUT2D eigenvalue weighted by molar-refractivity contribution is 0.0984. The second-order valence-electron chi connectivity index (χ2n) is 4.05. The van der Waals surface area contributed by atoms with E-state index < -0.39 is 0 Å². The van der Waals surface area contributed by atoms with Gasteiger partial charge in [0.2, 0.25) is 0 Å². The second kappa shape index (κ2) is 3.79. The Morgan fingerprint density at radius 2 is 2.00 bits per heavy atom. The normalized spacial score (nSPS) is 11.4. The van der Waals surface area contributed by atoms with Crippen LogP contribution in [0.25, 0.3) is 0 Å². The van der Waals surface area contributed by atoms with Crippen LogP contribution < -0.4 is 4.74 Å². The molecule has 0 aliphatic heterocycles. The predicted molar refractivity (Wildman–Crippen MR) is 52.9 cm³/mol. The maximum atomic E-state index is 8.59. The van der Waals surface area contributed by atoms with E-state index in [2.05, 4.69) is 26.8 Å². The van der Waals surface area contributed by atoms with Gasteiger partial charge >= 0.3 is 0 Å². The Morgan fingerprint density at radius 1 is 1.31 bits per heavy atom. The molecule has 2 nitrogen and oxygen atoms in total. The van der Waals surface area contributed by atoms with Crippen molar-refractivity contribution in [3.63, 3.8) is 0 Å². The number of benzene rings is 1. The van der Waals surface area contributed by atoms with Gasteiger partial charge in [0.05, 0.1) is 0 Å². The van der Waals surface area contributed by atoms with Crippen LogP contribution in [0.3, 0.4) is 0 Å². The van der Waals surface area contributed by atoms with E-state index in [1.807, 2.05) is 18.2 Å². The van der Waals surface area contributed by atoms with Crippen molar-refractivity contribution < 1.29 is 9.84 Å². The summed E-state index contributed by atoms with van der Waals surface area (Å²) in [5.41, 5.74) is 1.33. The van der Waals surface area contributed by atoms with Gasteiger partial charge in [0.1, 0.15) is 5.75 Å². The molecule has 0 saturated heterocycles. The lowest BCUT2D eigenvalue weighted by atomic mass is 9.87. The number of ether oxygens (including phenoxy) is 1. The average Bonchev–Trinajstić information content (AvgIpc) is 2.04. The van der Waals surface area contributed by atoms with Crippen LogP contribution in [0, 0.1) is 0 Å². The summed E-state index contributed by atoms with van der Waals surface area (Å²) in [6, 6.07) is 7.79. The highest BCUT2D eigenvalue weighted by Gasteiger charge is 2.13. The Labute approximate surface area is 79.2 Å². The quantitative estimate of drug-likeness (QED) is 0.708. The monoisotopic (exact) mass is 180 g/mol.